The molecule has 1 heterocycles. The van der Waals surface area contributed by atoms with Crippen LogP contribution in [0.1, 0.15) is 63.4 Å². The number of ether oxygens (including phenoxy) is 1. The number of amides is 1. The Bertz CT molecular complexity index is 539. The fourth-order valence-electron chi connectivity index (χ4n) is 2.90. The zero-order valence-electron chi connectivity index (χ0n) is 14.4. The molecular weight excluding hydrogens is 332 g/mol. The summed E-state index contributed by atoms with van der Waals surface area (Å²) < 4.78 is 6.16. The number of fused-ring (bicyclic) bond motifs is 1. The number of hydrogen-bond donors (Lipinski definition) is 2. The van der Waals surface area contributed by atoms with Gasteiger partial charge in [-0.15, -0.1) is 11.3 Å². The number of carbonyl (C=O) groups is 1. The highest BCUT2D eigenvalue weighted by atomic mass is 35.5. The van der Waals surface area contributed by atoms with Crippen LogP contribution >= 0.6 is 22.9 Å². The second-order valence-corrected chi connectivity index (χ2v) is 8.82. The van der Waals surface area contributed by atoms with Crippen LogP contribution in [0.3, 0.4) is 0 Å². The van der Waals surface area contributed by atoms with E-state index in [0.29, 0.717) is 12.6 Å². The number of rotatable bonds is 6. The molecule has 0 radical (unpaired) electrons. The van der Waals surface area contributed by atoms with E-state index in [1.165, 1.54) is 10.4 Å². The fraction of sp³-hybridized carbons (Fsp3) is 0.706. The van der Waals surface area contributed by atoms with Gasteiger partial charge in [-0.05, 0) is 51.7 Å². The summed E-state index contributed by atoms with van der Waals surface area (Å²) in [5, 5.41) is 6.56. The molecule has 0 saturated heterocycles. The molecule has 0 fully saturated rings. The van der Waals surface area contributed by atoms with Crippen molar-refractivity contribution >= 4 is 29.0 Å². The van der Waals surface area contributed by atoms with Crippen molar-refractivity contribution in [2.75, 3.05) is 6.54 Å². The molecule has 1 aliphatic carbocycles. The molecule has 1 aliphatic rings. The molecule has 2 atom stereocenters. The summed E-state index contributed by atoms with van der Waals surface area (Å²) in [5.41, 5.74) is 0.865. The van der Waals surface area contributed by atoms with Crippen LogP contribution in [0.15, 0.2) is 6.07 Å². The lowest BCUT2D eigenvalue weighted by Gasteiger charge is -2.25. The summed E-state index contributed by atoms with van der Waals surface area (Å²) in [7, 11) is 0. The normalized spacial score (nSPS) is 18.6. The SMILES string of the molecule is CCCC(CNC(=O)OC(C)(C)C)NC1CCc2sc(Cl)cc21. The second kappa shape index (κ2) is 7.86. The van der Waals surface area contributed by atoms with Crippen LogP contribution in [0, 0.1) is 0 Å². The fourth-order valence-corrected chi connectivity index (χ4v) is 4.26. The van der Waals surface area contributed by atoms with E-state index in [9.17, 15) is 4.79 Å². The van der Waals surface area contributed by atoms with Crippen LogP contribution in [0.4, 0.5) is 4.79 Å². The summed E-state index contributed by atoms with van der Waals surface area (Å²) >= 11 is 7.80. The van der Waals surface area contributed by atoms with Gasteiger partial charge < -0.3 is 15.4 Å². The molecule has 2 unspecified atom stereocenters. The first-order valence-corrected chi connectivity index (χ1v) is 9.49. The number of aryl methyl sites for hydroxylation is 1. The summed E-state index contributed by atoms with van der Waals surface area (Å²) in [6.45, 7) is 8.34. The van der Waals surface area contributed by atoms with E-state index in [-0.39, 0.29) is 12.1 Å². The molecule has 0 bridgehead atoms. The highest BCUT2D eigenvalue weighted by molar-refractivity contribution is 7.16. The molecule has 0 aliphatic heterocycles. The molecule has 1 aromatic heterocycles. The Morgan fingerprint density at radius 1 is 1.52 bits per heavy atom. The molecule has 1 aromatic rings. The van der Waals surface area contributed by atoms with Crippen molar-refractivity contribution in [3.05, 3.63) is 20.8 Å². The smallest absolute Gasteiger partial charge is 0.407 e. The molecule has 130 valence electrons. The Balaban J connectivity index is 1.88. The molecule has 0 saturated carbocycles. The number of alkyl carbamates (subject to hydrolysis) is 1. The Labute approximate surface area is 147 Å². The van der Waals surface area contributed by atoms with Crippen LogP contribution in [-0.4, -0.2) is 24.3 Å². The molecule has 2 rings (SSSR count). The highest BCUT2D eigenvalue weighted by Crippen LogP contribution is 2.39. The average molecular weight is 359 g/mol. The Kier molecular flexibility index (Phi) is 6.34. The zero-order valence-corrected chi connectivity index (χ0v) is 15.9. The molecule has 6 heteroatoms. The average Bonchev–Trinajstić information content (AvgIpc) is 2.95. The van der Waals surface area contributed by atoms with Gasteiger partial charge in [-0.1, -0.05) is 24.9 Å². The van der Waals surface area contributed by atoms with E-state index in [2.05, 4.69) is 23.6 Å². The lowest BCUT2D eigenvalue weighted by molar-refractivity contribution is 0.0521. The van der Waals surface area contributed by atoms with Crippen molar-refractivity contribution in [3.63, 3.8) is 0 Å². The molecule has 0 aromatic carbocycles. The highest BCUT2D eigenvalue weighted by Gasteiger charge is 2.27. The van der Waals surface area contributed by atoms with Crippen LogP contribution in [-0.2, 0) is 11.2 Å². The maximum absolute atomic E-state index is 11.8. The minimum Gasteiger partial charge on any atom is -0.444 e. The van der Waals surface area contributed by atoms with Crippen molar-refractivity contribution < 1.29 is 9.53 Å². The lowest BCUT2D eigenvalue weighted by atomic mass is 10.1. The van der Waals surface area contributed by atoms with Crippen molar-refractivity contribution in [1.29, 1.82) is 0 Å². The second-order valence-electron chi connectivity index (χ2n) is 7.06. The number of thiophene rings is 1. The third-order valence-electron chi connectivity index (χ3n) is 3.81. The third kappa shape index (κ3) is 5.66. The minimum atomic E-state index is -0.467. The maximum atomic E-state index is 11.8. The lowest BCUT2D eigenvalue weighted by Crippen LogP contribution is -2.43. The van der Waals surface area contributed by atoms with Crippen LogP contribution < -0.4 is 10.6 Å². The predicted octanol–water partition coefficient (Wildman–Crippen LogP) is 4.67. The largest absolute Gasteiger partial charge is 0.444 e. The summed E-state index contributed by atoms with van der Waals surface area (Å²) in [5.74, 6) is 0. The van der Waals surface area contributed by atoms with Crippen LogP contribution in [0.2, 0.25) is 4.34 Å². The predicted molar refractivity (Wildman–Crippen MR) is 96.5 cm³/mol. The summed E-state index contributed by atoms with van der Waals surface area (Å²) in [6.07, 6.45) is 3.91. The number of nitrogens with one attached hydrogen (secondary N) is 2. The quantitative estimate of drug-likeness (QED) is 0.776. The standard InChI is InChI=1S/C17H27ClN2O2S/c1-5-6-11(10-19-16(21)22-17(2,3)4)20-13-7-8-14-12(13)9-15(18)23-14/h9,11,13,20H,5-8,10H2,1-4H3,(H,19,21). The Morgan fingerprint density at radius 3 is 2.91 bits per heavy atom. The van der Waals surface area contributed by atoms with Crippen molar-refractivity contribution in [1.82, 2.24) is 10.6 Å². The van der Waals surface area contributed by atoms with Gasteiger partial charge in [0.05, 0.1) is 4.34 Å². The first-order valence-electron chi connectivity index (χ1n) is 8.29. The Hall–Kier alpha value is -0.780. The van der Waals surface area contributed by atoms with E-state index in [1.807, 2.05) is 20.8 Å². The van der Waals surface area contributed by atoms with E-state index >= 15 is 0 Å². The van der Waals surface area contributed by atoms with Gasteiger partial charge in [0, 0.05) is 23.5 Å². The monoisotopic (exact) mass is 358 g/mol. The topological polar surface area (TPSA) is 50.4 Å². The van der Waals surface area contributed by atoms with E-state index in [4.69, 9.17) is 16.3 Å². The van der Waals surface area contributed by atoms with E-state index in [0.717, 1.165) is 30.0 Å². The molecule has 0 spiro atoms. The van der Waals surface area contributed by atoms with Gasteiger partial charge in [-0.25, -0.2) is 4.79 Å². The van der Waals surface area contributed by atoms with E-state index in [1.54, 1.807) is 11.3 Å². The first-order chi connectivity index (χ1) is 10.8. The van der Waals surface area contributed by atoms with Gasteiger partial charge in [0.1, 0.15) is 5.60 Å². The third-order valence-corrected chi connectivity index (χ3v) is 5.15. The van der Waals surface area contributed by atoms with Gasteiger partial charge in [0.2, 0.25) is 0 Å². The van der Waals surface area contributed by atoms with E-state index < -0.39 is 5.60 Å². The van der Waals surface area contributed by atoms with Crippen molar-refractivity contribution in [3.8, 4) is 0 Å². The van der Waals surface area contributed by atoms with Gasteiger partial charge >= 0.3 is 6.09 Å². The van der Waals surface area contributed by atoms with Gasteiger partial charge in [0.25, 0.3) is 0 Å². The van der Waals surface area contributed by atoms with Crippen molar-refractivity contribution in [2.45, 2.75) is 71.1 Å². The Morgan fingerprint density at radius 2 is 2.26 bits per heavy atom. The summed E-state index contributed by atoms with van der Waals surface area (Å²) in [4.78, 5) is 13.2. The van der Waals surface area contributed by atoms with Gasteiger partial charge in [-0.2, -0.15) is 0 Å². The van der Waals surface area contributed by atoms with Crippen LogP contribution in [0.5, 0.6) is 0 Å². The maximum Gasteiger partial charge on any atom is 0.407 e. The minimum absolute atomic E-state index is 0.238. The van der Waals surface area contributed by atoms with Crippen molar-refractivity contribution in [2.24, 2.45) is 0 Å². The molecule has 2 N–H and O–H groups in total. The number of halogens is 1. The molecule has 4 nitrogen and oxygen atoms in total. The molecular formula is C17H27ClN2O2S. The zero-order chi connectivity index (χ0) is 17.0. The number of hydrogen-bond acceptors (Lipinski definition) is 4. The molecule has 23 heavy (non-hydrogen) atoms. The number of carbonyl (C=O) groups excluding carboxylic acids is 1. The van der Waals surface area contributed by atoms with Gasteiger partial charge in [-0.3, -0.25) is 0 Å². The van der Waals surface area contributed by atoms with Crippen LogP contribution in [0.25, 0.3) is 0 Å². The van der Waals surface area contributed by atoms with Gasteiger partial charge in [0.15, 0.2) is 0 Å². The summed E-state index contributed by atoms with van der Waals surface area (Å²) in [6, 6.07) is 2.66. The molecule has 1 amide bonds. The first kappa shape index (κ1) is 18.6.